The summed E-state index contributed by atoms with van der Waals surface area (Å²) < 4.78 is 1.20. The zero-order chi connectivity index (χ0) is 15.5. The lowest BCUT2D eigenvalue weighted by atomic mass is 10.1. The predicted octanol–water partition coefficient (Wildman–Crippen LogP) is 4.06. The summed E-state index contributed by atoms with van der Waals surface area (Å²) in [6.45, 7) is 7.27. The molecule has 1 aliphatic rings. The second-order valence-electron chi connectivity index (χ2n) is 6.06. The number of aryl methyl sites for hydroxylation is 2. The van der Waals surface area contributed by atoms with E-state index in [-0.39, 0.29) is 0 Å². The van der Waals surface area contributed by atoms with E-state index in [0.717, 1.165) is 44.7 Å². The molecule has 0 aliphatic carbocycles. The Morgan fingerprint density at radius 2 is 2.18 bits per heavy atom. The summed E-state index contributed by atoms with van der Waals surface area (Å²) in [6, 6.07) is 6.58. The first-order valence-corrected chi connectivity index (χ1v) is 8.76. The Labute approximate surface area is 140 Å². The van der Waals surface area contributed by atoms with Crippen molar-refractivity contribution < 1.29 is 0 Å². The molecule has 1 aromatic carbocycles. The van der Waals surface area contributed by atoms with Gasteiger partial charge in [-0.2, -0.15) is 0 Å². The minimum Gasteiger partial charge on any atom is -0.294 e. The normalized spacial score (nSPS) is 14.9. The predicted molar refractivity (Wildman–Crippen MR) is 92.7 cm³/mol. The average Bonchev–Trinajstić information content (AvgIpc) is 2.50. The molecule has 0 radical (unpaired) electrons. The van der Waals surface area contributed by atoms with E-state index in [1.807, 2.05) is 6.20 Å². The molecule has 0 fully saturated rings. The standard InChI is InChI=1S/C18H22BrN3/c1-3-4-18-20-10-15-12-22(8-7-17(15)21-18)11-14-6-5-13(2)9-16(14)19/h5-6,9-10H,3-4,7-8,11-12H2,1-2H3. The van der Waals surface area contributed by atoms with Gasteiger partial charge in [0.25, 0.3) is 0 Å². The molecule has 4 heteroatoms. The maximum atomic E-state index is 4.73. The zero-order valence-electron chi connectivity index (χ0n) is 13.3. The number of aromatic nitrogens is 2. The highest BCUT2D eigenvalue weighted by Crippen LogP contribution is 2.23. The van der Waals surface area contributed by atoms with Gasteiger partial charge in [-0.05, 0) is 30.5 Å². The number of hydrogen-bond acceptors (Lipinski definition) is 3. The Morgan fingerprint density at radius 1 is 1.32 bits per heavy atom. The van der Waals surface area contributed by atoms with Crippen LogP contribution in [0.15, 0.2) is 28.9 Å². The van der Waals surface area contributed by atoms with Gasteiger partial charge < -0.3 is 0 Å². The Bertz CT molecular complexity index is 669. The number of fused-ring (bicyclic) bond motifs is 1. The molecule has 0 spiro atoms. The molecule has 22 heavy (non-hydrogen) atoms. The maximum absolute atomic E-state index is 4.73. The van der Waals surface area contributed by atoms with Crippen molar-refractivity contribution in [3.63, 3.8) is 0 Å². The molecule has 2 aromatic rings. The van der Waals surface area contributed by atoms with Crippen molar-refractivity contribution >= 4 is 15.9 Å². The minimum absolute atomic E-state index is 0.946. The monoisotopic (exact) mass is 359 g/mol. The lowest BCUT2D eigenvalue weighted by molar-refractivity contribution is 0.242. The molecule has 3 rings (SSSR count). The molecule has 116 valence electrons. The third-order valence-electron chi connectivity index (χ3n) is 4.14. The lowest BCUT2D eigenvalue weighted by Gasteiger charge is -2.28. The van der Waals surface area contributed by atoms with Crippen LogP contribution in [0.1, 0.15) is 41.6 Å². The summed E-state index contributed by atoms with van der Waals surface area (Å²) in [5.41, 5.74) is 5.17. The lowest BCUT2D eigenvalue weighted by Crippen LogP contribution is -2.31. The second-order valence-corrected chi connectivity index (χ2v) is 6.92. The molecular formula is C18H22BrN3. The maximum Gasteiger partial charge on any atom is 0.128 e. The highest BCUT2D eigenvalue weighted by molar-refractivity contribution is 9.10. The van der Waals surface area contributed by atoms with Crippen molar-refractivity contribution in [3.8, 4) is 0 Å². The molecule has 2 heterocycles. The Morgan fingerprint density at radius 3 is 2.95 bits per heavy atom. The molecular weight excluding hydrogens is 338 g/mol. The summed E-state index contributed by atoms with van der Waals surface area (Å²) in [7, 11) is 0. The van der Waals surface area contributed by atoms with Crippen LogP contribution in [-0.2, 0) is 25.9 Å². The van der Waals surface area contributed by atoms with Gasteiger partial charge in [0.05, 0.1) is 0 Å². The van der Waals surface area contributed by atoms with Crippen LogP contribution in [-0.4, -0.2) is 21.4 Å². The van der Waals surface area contributed by atoms with E-state index in [0.29, 0.717) is 0 Å². The van der Waals surface area contributed by atoms with Crippen molar-refractivity contribution in [2.24, 2.45) is 0 Å². The van der Waals surface area contributed by atoms with E-state index in [4.69, 9.17) is 4.98 Å². The van der Waals surface area contributed by atoms with Crippen LogP contribution in [0.5, 0.6) is 0 Å². The van der Waals surface area contributed by atoms with Crippen LogP contribution < -0.4 is 0 Å². The fraction of sp³-hybridized carbons (Fsp3) is 0.444. The molecule has 3 nitrogen and oxygen atoms in total. The topological polar surface area (TPSA) is 29.0 Å². The molecule has 0 saturated heterocycles. The Balaban J connectivity index is 1.71. The van der Waals surface area contributed by atoms with Crippen molar-refractivity contribution in [3.05, 3.63) is 57.1 Å². The van der Waals surface area contributed by atoms with Crippen LogP contribution in [0.2, 0.25) is 0 Å². The van der Waals surface area contributed by atoms with Crippen LogP contribution in [0.25, 0.3) is 0 Å². The van der Waals surface area contributed by atoms with Crippen LogP contribution >= 0.6 is 15.9 Å². The van der Waals surface area contributed by atoms with E-state index in [9.17, 15) is 0 Å². The molecule has 0 saturated carbocycles. The minimum atomic E-state index is 0.946. The van der Waals surface area contributed by atoms with Crippen LogP contribution in [0, 0.1) is 6.92 Å². The third kappa shape index (κ3) is 3.55. The first-order chi connectivity index (χ1) is 10.7. The van der Waals surface area contributed by atoms with Gasteiger partial charge in [-0.1, -0.05) is 35.0 Å². The second kappa shape index (κ2) is 6.88. The first kappa shape index (κ1) is 15.6. The highest BCUT2D eigenvalue weighted by Gasteiger charge is 2.19. The van der Waals surface area contributed by atoms with Gasteiger partial charge in [-0.25, -0.2) is 9.97 Å². The summed E-state index contributed by atoms with van der Waals surface area (Å²) in [4.78, 5) is 11.7. The first-order valence-electron chi connectivity index (χ1n) is 7.96. The summed E-state index contributed by atoms with van der Waals surface area (Å²) in [6.07, 6.45) is 5.14. The van der Waals surface area contributed by atoms with Crippen molar-refractivity contribution in [2.45, 2.75) is 46.2 Å². The Hall–Kier alpha value is -1.26. The zero-order valence-corrected chi connectivity index (χ0v) is 14.9. The van der Waals surface area contributed by atoms with Gasteiger partial charge in [0.15, 0.2) is 0 Å². The van der Waals surface area contributed by atoms with Crippen LogP contribution in [0.4, 0.5) is 0 Å². The van der Waals surface area contributed by atoms with Gasteiger partial charge in [-0.3, -0.25) is 4.90 Å². The number of nitrogens with zero attached hydrogens (tertiary/aromatic N) is 3. The van der Waals surface area contributed by atoms with E-state index in [2.05, 4.69) is 57.9 Å². The molecule has 1 aliphatic heterocycles. The van der Waals surface area contributed by atoms with Crippen molar-refractivity contribution in [1.82, 2.24) is 14.9 Å². The van der Waals surface area contributed by atoms with E-state index in [1.165, 1.54) is 26.9 Å². The van der Waals surface area contributed by atoms with E-state index < -0.39 is 0 Å². The molecule has 0 amide bonds. The van der Waals surface area contributed by atoms with Gasteiger partial charge in [0.1, 0.15) is 5.82 Å². The fourth-order valence-corrected chi connectivity index (χ4v) is 3.54. The SMILES string of the molecule is CCCc1ncc2c(n1)CCN(Cc1ccc(C)cc1Br)C2. The van der Waals surface area contributed by atoms with Crippen molar-refractivity contribution in [1.29, 1.82) is 0 Å². The van der Waals surface area contributed by atoms with Crippen molar-refractivity contribution in [2.75, 3.05) is 6.54 Å². The van der Waals surface area contributed by atoms with Gasteiger partial charge in [-0.15, -0.1) is 0 Å². The number of benzene rings is 1. The third-order valence-corrected chi connectivity index (χ3v) is 4.88. The average molecular weight is 360 g/mol. The van der Waals surface area contributed by atoms with Gasteiger partial charge >= 0.3 is 0 Å². The summed E-state index contributed by atoms with van der Waals surface area (Å²) >= 11 is 3.68. The molecule has 0 unspecified atom stereocenters. The summed E-state index contributed by atoms with van der Waals surface area (Å²) in [5.74, 6) is 0.996. The van der Waals surface area contributed by atoms with Gasteiger partial charge in [0.2, 0.25) is 0 Å². The number of halogens is 1. The fourth-order valence-electron chi connectivity index (χ4n) is 2.92. The number of hydrogen-bond donors (Lipinski definition) is 0. The summed E-state index contributed by atoms with van der Waals surface area (Å²) in [5, 5.41) is 0. The molecule has 0 atom stereocenters. The van der Waals surface area contributed by atoms with Crippen LogP contribution in [0.3, 0.4) is 0 Å². The largest absolute Gasteiger partial charge is 0.294 e. The molecule has 0 bridgehead atoms. The van der Waals surface area contributed by atoms with E-state index in [1.54, 1.807) is 0 Å². The van der Waals surface area contributed by atoms with E-state index >= 15 is 0 Å². The smallest absolute Gasteiger partial charge is 0.128 e. The van der Waals surface area contributed by atoms with Gasteiger partial charge in [0, 0.05) is 54.4 Å². The highest BCUT2D eigenvalue weighted by atomic mass is 79.9. The molecule has 1 aromatic heterocycles. The molecule has 0 N–H and O–H groups in total. The quantitative estimate of drug-likeness (QED) is 0.824. The number of rotatable bonds is 4. The Kier molecular flexibility index (Phi) is 4.89.